The second kappa shape index (κ2) is 6.78. The molecule has 1 fully saturated rings. The molecule has 1 aliphatic rings. The van der Waals surface area contributed by atoms with Crippen LogP contribution in [0, 0.1) is 0 Å². The Kier molecular flexibility index (Phi) is 5.35. The Labute approximate surface area is 116 Å². The van der Waals surface area contributed by atoms with Crippen molar-refractivity contribution < 1.29 is 5.11 Å². The van der Waals surface area contributed by atoms with Gasteiger partial charge in [-0.1, -0.05) is 12.1 Å². The van der Waals surface area contributed by atoms with Gasteiger partial charge in [0, 0.05) is 23.7 Å². The average molecular weight is 290 g/mol. The fourth-order valence-electron chi connectivity index (χ4n) is 1.64. The summed E-state index contributed by atoms with van der Waals surface area (Å²) in [6.45, 7) is 0.498. The summed E-state index contributed by atoms with van der Waals surface area (Å²) in [4.78, 5) is 0. The van der Waals surface area contributed by atoms with E-state index in [4.69, 9.17) is 11.6 Å². The molecule has 1 saturated heterocycles. The van der Waals surface area contributed by atoms with Gasteiger partial charge in [0.15, 0.2) is 0 Å². The number of nitrogens with one attached hydrogen (secondary N) is 1. The normalized spacial score (nSPS) is 18.2. The van der Waals surface area contributed by atoms with E-state index >= 15 is 0 Å². The first-order valence-electron chi connectivity index (χ1n) is 5.60. The van der Waals surface area contributed by atoms with E-state index in [9.17, 15) is 5.11 Å². The van der Waals surface area contributed by atoms with Crippen LogP contribution >= 0.6 is 35.1 Å². The lowest BCUT2D eigenvalue weighted by atomic mass is 10.2. The average Bonchev–Trinajstić information content (AvgIpc) is 2.90. The molecule has 5 heteroatoms. The summed E-state index contributed by atoms with van der Waals surface area (Å²) in [6.07, 6.45) is -0.490. The minimum atomic E-state index is -0.490. The highest BCUT2D eigenvalue weighted by atomic mass is 35.5. The van der Waals surface area contributed by atoms with Crippen molar-refractivity contribution in [2.75, 3.05) is 29.2 Å². The third-order valence-electron chi connectivity index (χ3n) is 2.50. The fourth-order valence-corrected chi connectivity index (χ4v) is 4.58. The van der Waals surface area contributed by atoms with Gasteiger partial charge in [0.2, 0.25) is 0 Å². The van der Waals surface area contributed by atoms with Crippen LogP contribution in [0.25, 0.3) is 0 Å². The fraction of sp³-hybridized carbons (Fsp3) is 0.500. The third-order valence-corrected chi connectivity index (χ3v) is 5.96. The van der Waals surface area contributed by atoms with E-state index in [0.717, 1.165) is 5.69 Å². The van der Waals surface area contributed by atoms with Gasteiger partial charge in [0.1, 0.15) is 0 Å². The number of rotatable bonds is 5. The number of anilines is 1. The van der Waals surface area contributed by atoms with Gasteiger partial charge in [-0.15, -0.1) is 35.1 Å². The maximum atomic E-state index is 9.40. The predicted molar refractivity (Wildman–Crippen MR) is 79.3 cm³/mol. The molecule has 1 unspecified atom stereocenters. The number of aliphatic hydroxyl groups excluding tert-OH is 1. The molecule has 0 aliphatic carbocycles. The molecule has 0 aromatic heterocycles. The number of benzene rings is 1. The van der Waals surface area contributed by atoms with E-state index in [1.54, 1.807) is 0 Å². The van der Waals surface area contributed by atoms with Crippen LogP contribution in [0.15, 0.2) is 24.3 Å². The Balaban J connectivity index is 1.96. The molecule has 0 spiro atoms. The number of halogens is 1. The number of hydrogen-bond donors (Lipinski definition) is 2. The zero-order valence-corrected chi connectivity index (χ0v) is 11.8. The van der Waals surface area contributed by atoms with Gasteiger partial charge in [-0.2, -0.15) is 0 Å². The Morgan fingerprint density at radius 1 is 1.41 bits per heavy atom. The molecule has 0 bridgehead atoms. The minimum absolute atomic E-state index is 0.265. The molecule has 1 atom stereocenters. The van der Waals surface area contributed by atoms with Gasteiger partial charge in [-0.25, -0.2) is 0 Å². The summed E-state index contributed by atoms with van der Waals surface area (Å²) in [7, 11) is 0. The van der Waals surface area contributed by atoms with E-state index in [2.05, 4.69) is 23.5 Å². The van der Waals surface area contributed by atoms with Gasteiger partial charge >= 0.3 is 0 Å². The summed E-state index contributed by atoms with van der Waals surface area (Å²) < 4.78 is 0.565. The van der Waals surface area contributed by atoms with Crippen molar-refractivity contribution in [2.24, 2.45) is 0 Å². The number of alkyl halides is 1. The molecule has 1 heterocycles. The summed E-state index contributed by atoms with van der Waals surface area (Å²) in [5, 5.41) is 12.6. The summed E-state index contributed by atoms with van der Waals surface area (Å²) in [6, 6.07) is 8.41. The maximum Gasteiger partial charge on any atom is 0.0847 e. The lowest BCUT2D eigenvalue weighted by Gasteiger charge is -2.13. The number of aliphatic hydroxyl groups is 1. The molecule has 1 aromatic rings. The minimum Gasteiger partial charge on any atom is -0.390 e. The predicted octanol–water partition coefficient (Wildman–Crippen LogP) is 3.18. The van der Waals surface area contributed by atoms with Crippen LogP contribution in [-0.4, -0.2) is 35.1 Å². The van der Waals surface area contributed by atoms with Crippen molar-refractivity contribution in [2.45, 2.75) is 10.7 Å². The first-order chi connectivity index (χ1) is 8.29. The molecule has 2 nitrogen and oxygen atoms in total. The van der Waals surface area contributed by atoms with Gasteiger partial charge in [0.05, 0.1) is 16.6 Å². The van der Waals surface area contributed by atoms with Crippen LogP contribution in [0.5, 0.6) is 0 Å². The Bertz CT molecular complexity index is 358. The lowest BCUT2D eigenvalue weighted by molar-refractivity contribution is 0.211. The highest BCUT2D eigenvalue weighted by Gasteiger charge is 2.18. The van der Waals surface area contributed by atoms with Crippen LogP contribution in [-0.2, 0) is 0 Å². The van der Waals surface area contributed by atoms with Crippen molar-refractivity contribution in [1.82, 2.24) is 0 Å². The Morgan fingerprint density at radius 3 is 2.88 bits per heavy atom. The largest absolute Gasteiger partial charge is 0.390 e. The third kappa shape index (κ3) is 3.98. The van der Waals surface area contributed by atoms with Crippen LogP contribution in [0.2, 0.25) is 0 Å². The van der Waals surface area contributed by atoms with E-state index in [1.807, 2.05) is 29.6 Å². The Hall–Kier alpha value is -0.0300. The molecule has 2 rings (SSSR count). The lowest BCUT2D eigenvalue weighted by Crippen LogP contribution is -2.20. The Morgan fingerprint density at radius 2 is 2.18 bits per heavy atom. The molecule has 17 heavy (non-hydrogen) atoms. The standard InChI is InChI=1S/C12H16ClNOS2/c13-7-11(15)8-14-10-3-1-2-9(6-10)12-16-4-5-17-12/h1-3,6,11-12,14-15H,4-5,7-8H2. The highest BCUT2D eigenvalue weighted by molar-refractivity contribution is 8.19. The molecule has 0 radical (unpaired) electrons. The zero-order valence-electron chi connectivity index (χ0n) is 9.43. The van der Waals surface area contributed by atoms with Gasteiger partial charge in [0.25, 0.3) is 0 Å². The monoisotopic (exact) mass is 289 g/mol. The van der Waals surface area contributed by atoms with Crippen LogP contribution in [0.1, 0.15) is 10.1 Å². The molecule has 0 amide bonds. The number of hydrogen-bond acceptors (Lipinski definition) is 4. The summed E-state index contributed by atoms with van der Waals surface area (Å²) in [5.74, 6) is 2.73. The maximum absolute atomic E-state index is 9.40. The van der Waals surface area contributed by atoms with E-state index in [1.165, 1.54) is 17.1 Å². The second-order valence-corrected chi connectivity index (χ2v) is 6.92. The molecular formula is C12H16ClNOS2. The van der Waals surface area contributed by atoms with Crippen LogP contribution in [0.3, 0.4) is 0 Å². The summed E-state index contributed by atoms with van der Waals surface area (Å²) in [5.41, 5.74) is 2.41. The quantitative estimate of drug-likeness (QED) is 0.816. The highest BCUT2D eigenvalue weighted by Crippen LogP contribution is 2.45. The molecular weight excluding hydrogens is 274 g/mol. The molecule has 1 aliphatic heterocycles. The topological polar surface area (TPSA) is 32.3 Å². The van der Waals surface area contributed by atoms with Gasteiger partial charge in [-0.3, -0.25) is 0 Å². The van der Waals surface area contributed by atoms with Crippen LogP contribution in [0.4, 0.5) is 5.69 Å². The van der Waals surface area contributed by atoms with E-state index in [0.29, 0.717) is 11.1 Å². The summed E-state index contributed by atoms with van der Waals surface area (Å²) >= 11 is 9.55. The van der Waals surface area contributed by atoms with Gasteiger partial charge in [-0.05, 0) is 17.7 Å². The van der Waals surface area contributed by atoms with Crippen molar-refractivity contribution in [1.29, 1.82) is 0 Å². The van der Waals surface area contributed by atoms with Crippen molar-refractivity contribution in [3.8, 4) is 0 Å². The van der Waals surface area contributed by atoms with Crippen LogP contribution < -0.4 is 5.32 Å². The first kappa shape index (κ1) is 13.4. The molecule has 0 saturated carbocycles. The van der Waals surface area contributed by atoms with Crippen molar-refractivity contribution >= 4 is 40.8 Å². The molecule has 2 N–H and O–H groups in total. The van der Waals surface area contributed by atoms with Crippen molar-refractivity contribution in [3.63, 3.8) is 0 Å². The molecule has 94 valence electrons. The SMILES string of the molecule is OC(CCl)CNc1cccc(C2SCCS2)c1. The zero-order chi connectivity index (χ0) is 12.1. The number of thioether (sulfide) groups is 2. The molecule has 1 aromatic carbocycles. The second-order valence-electron chi connectivity index (χ2n) is 3.89. The van der Waals surface area contributed by atoms with E-state index in [-0.39, 0.29) is 5.88 Å². The van der Waals surface area contributed by atoms with Crippen molar-refractivity contribution in [3.05, 3.63) is 29.8 Å². The smallest absolute Gasteiger partial charge is 0.0847 e. The first-order valence-corrected chi connectivity index (χ1v) is 8.24. The van der Waals surface area contributed by atoms with Gasteiger partial charge < -0.3 is 10.4 Å². The van der Waals surface area contributed by atoms with E-state index < -0.39 is 6.10 Å².